The molecule has 0 aliphatic carbocycles. The molecule has 2 aliphatic rings. The standard InChI is InChI=1S/C19H28N2O2/c1-13(2)15-5-4-6-18(11-15)23-14(3)19(22)21-16-7-8-17(21)12-20-10-9-16/h4-6,11,13-14,16-17,20H,7-10,12H2,1-3H3. The summed E-state index contributed by atoms with van der Waals surface area (Å²) in [6.07, 6.45) is 2.86. The van der Waals surface area contributed by atoms with E-state index in [1.807, 2.05) is 25.1 Å². The molecule has 4 nitrogen and oxygen atoms in total. The molecule has 1 N–H and O–H groups in total. The first-order valence-electron chi connectivity index (χ1n) is 8.85. The Balaban J connectivity index is 1.69. The van der Waals surface area contributed by atoms with Crippen LogP contribution in [0.5, 0.6) is 5.75 Å². The molecule has 0 saturated carbocycles. The maximum absolute atomic E-state index is 12.9. The zero-order chi connectivity index (χ0) is 16.4. The van der Waals surface area contributed by atoms with Gasteiger partial charge in [-0.1, -0.05) is 26.0 Å². The molecular formula is C19H28N2O2. The molecule has 0 aromatic heterocycles. The first kappa shape index (κ1) is 16.3. The Labute approximate surface area is 139 Å². The van der Waals surface area contributed by atoms with E-state index in [0.717, 1.165) is 38.1 Å². The number of ether oxygens (including phenoxy) is 1. The van der Waals surface area contributed by atoms with Crippen LogP contribution in [0.25, 0.3) is 0 Å². The van der Waals surface area contributed by atoms with E-state index in [4.69, 9.17) is 4.74 Å². The fourth-order valence-corrected chi connectivity index (χ4v) is 3.75. The molecule has 23 heavy (non-hydrogen) atoms. The van der Waals surface area contributed by atoms with Crippen LogP contribution in [0.3, 0.4) is 0 Å². The summed E-state index contributed by atoms with van der Waals surface area (Å²) in [5.74, 6) is 1.38. The molecule has 126 valence electrons. The molecule has 0 spiro atoms. The molecule has 2 saturated heterocycles. The Kier molecular flexibility index (Phi) is 4.90. The van der Waals surface area contributed by atoms with Crippen LogP contribution in [0.4, 0.5) is 0 Å². The number of carbonyl (C=O) groups is 1. The van der Waals surface area contributed by atoms with Crippen molar-refractivity contribution < 1.29 is 9.53 Å². The number of fused-ring (bicyclic) bond motifs is 2. The molecule has 2 fully saturated rings. The summed E-state index contributed by atoms with van der Waals surface area (Å²) >= 11 is 0. The van der Waals surface area contributed by atoms with Crippen LogP contribution in [0.2, 0.25) is 0 Å². The van der Waals surface area contributed by atoms with Crippen molar-refractivity contribution in [3.8, 4) is 5.75 Å². The molecule has 0 radical (unpaired) electrons. The van der Waals surface area contributed by atoms with Gasteiger partial charge in [-0.2, -0.15) is 0 Å². The second-order valence-corrected chi connectivity index (χ2v) is 7.11. The molecule has 1 aromatic rings. The van der Waals surface area contributed by atoms with Crippen LogP contribution >= 0.6 is 0 Å². The van der Waals surface area contributed by atoms with Gasteiger partial charge in [0, 0.05) is 18.6 Å². The summed E-state index contributed by atoms with van der Waals surface area (Å²) in [7, 11) is 0. The molecule has 3 atom stereocenters. The lowest BCUT2D eigenvalue weighted by Gasteiger charge is -2.30. The predicted molar refractivity (Wildman–Crippen MR) is 91.8 cm³/mol. The molecule has 2 bridgehead atoms. The third-order valence-electron chi connectivity index (χ3n) is 5.09. The average Bonchev–Trinajstić information content (AvgIpc) is 2.79. The van der Waals surface area contributed by atoms with Crippen LogP contribution in [0.15, 0.2) is 24.3 Å². The Morgan fingerprint density at radius 3 is 2.78 bits per heavy atom. The van der Waals surface area contributed by atoms with Gasteiger partial charge in [0.1, 0.15) is 5.75 Å². The van der Waals surface area contributed by atoms with Crippen molar-refractivity contribution >= 4 is 5.91 Å². The highest BCUT2D eigenvalue weighted by Gasteiger charge is 2.40. The van der Waals surface area contributed by atoms with Gasteiger partial charge in [-0.15, -0.1) is 0 Å². The smallest absolute Gasteiger partial charge is 0.263 e. The van der Waals surface area contributed by atoms with E-state index in [2.05, 4.69) is 30.1 Å². The zero-order valence-corrected chi connectivity index (χ0v) is 14.4. The highest BCUT2D eigenvalue weighted by atomic mass is 16.5. The minimum Gasteiger partial charge on any atom is -0.481 e. The van der Waals surface area contributed by atoms with Gasteiger partial charge in [0.15, 0.2) is 6.10 Å². The van der Waals surface area contributed by atoms with Gasteiger partial charge in [-0.3, -0.25) is 4.79 Å². The Morgan fingerprint density at radius 1 is 1.22 bits per heavy atom. The van der Waals surface area contributed by atoms with E-state index in [1.165, 1.54) is 5.56 Å². The lowest BCUT2D eigenvalue weighted by Crippen LogP contribution is -2.48. The summed E-state index contributed by atoms with van der Waals surface area (Å²) in [5.41, 5.74) is 1.24. The molecule has 3 unspecified atom stereocenters. The van der Waals surface area contributed by atoms with Crippen LogP contribution < -0.4 is 10.1 Å². The molecule has 1 amide bonds. The van der Waals surface area contributed by atoms with Gasteiger partial charge in [0.05, 0.1) is 0 Å². The van der Waals surface area contributed by atoms with Gasteiger partial charge in [-0.05, 0) is 56.3 Å². The fraction of sp³-hybridized carbons (Fsp3) is 0.632. The Bertz CT molecular complexity index is 544. The summed E-state index contributed by atoms with van der Waals surface area (Å²) in [6, 6.07) is 8.81. The Hall–Kier alpha value is -1.55. The van der Waals surface area contributed by atoms with Crippen molar-refractivity contribution in [3.63, 3.8) is 0 Å². The number of carbonyl (C=O) groups excluding carboxylic acids is 1. The first-order valence-corrected chi connectivity index (χ1v) is 8.85. The SMILES string of the molecule is CC(Oc1cccc(C(C)C)c1)C(=O)N1C2CCNCC1CC2. The van der Waals surface area contributed by atoms with Crippen molar-refractivity contribution in [2.45, 2.75) is 64.1 Å². The predicted octanol–water partition coefficient (Wildman–Crippen LogP) is 2.93. The molecule has 3 rings (SSSR count). The maximum Gasteiger partial charge on any atom is 0.263 e. The Morgan fingerprint density at radius 2 is 2.00 bits per heavy atom. The van der Waals surface area contributed by atoms with Crippen LogP contribution in [-0.2, 0) is 4.79 Å². The minimum atomic E-state index is -0.432. The number of nitrogens with one attached hydrogen (secondary N) is 1. The maximum atomic E-state index is 12.9. The van der Waals surface area contributed by atoms with Crippen LogP contribution in [0, 0.1) is 0 Å². The minimum absolute atomic E-state index is 0.135. The van der Waals surface area contributed by atoms with Crippen LogP contribution in [-0.4, -0.2) is 42.1 Å². The number of hydrogen-bond donors (Lipinski definition) is 1. The molecular weight excluding hydrogens is 288 g/mol. The highest BCUT2D eigenvalue weighted by molar-refractivity contribution is 5.82. The summed E-state index contributed by atoms with van der Waals surface area (Å²) < 4.78 is 5.97. The summed E-state index contributed by atoms with van der Waals surface area (Å²) in [5, 5.41) is 3.44. The topological polar surface area (TPSA) is 41.6 Å². The number of hydrogen-bond acceptors (Lipinski definition) is 3. The van der Waals surface area contributed by atoms with E-state index >= 15 is 0 Å². The van der Waals surface area contributed by atoms with Crippen LogP contribution in [0.1, 0.15) is 51.5 Å². The van der Waals surface area contributed by atoms with Crippen molar-refractivity contribution in [1.29, 1.82) is 0 Å². The zero-order valence-electron chi connectivity index (χ0n) is 14.4. The number of benzene rings is 1. The number of rotatable bonds is 4. The van der Waals surface area contributed by atoms with Crippen molar-refractivity contribution in [2.75, 3.05) is 13.1 Å². The van der Waals surface area contributed by atoms with E-state index in [0.29, 0.717) is 18.0 Å². The monoisotopic (exact) mass is 316 g/mol. The highest BCUT2D eigenvalue weighted by Crippen LogP contribution is 2.29. The second-order valence-electron chi connectivity index (χ2n) is 7.11. The van der Waals surface area contributed by atoms with Gasteiger partial charge in [0.25, 0.3) is 5.91 Å². The number of nitrogens with zero attached hydrogens (tertiary/aromatic N) is 1. The summed E-state index contributed by atoms with van der Waals surface area (Å²) in [6.45, 7) is 8.13. The van der Waals surface area contributed by atoms with E-state index in [1.54, 1.807) is 0 Å². The lowest BCUT2D eigenvalue weighted by molar-refractivity contribution is -0.140. The van der Waals surface area contributed by atoms with Crippen molar-refractivity contribution in [3.05, 3.63) is 29.8 Å². The normalized spacial score (nSPS) is 25.3. The van der Waals surface area contributed by atoms with Gasteiger partial charge < -0.3 is 15.0 Å². The number of amides is 1. The molecule has 2 heterocycles. The average molecular weight is 316 g/mol. The van der Waals surface area contributed by atoms with Gasteiger partial charge in [-0.25, -0.2) is 0 Å². The second kappa shape index (κ2) is 6.91. The molecule has 2 aliphatic heterocycles. The molecule has 1 aromatic carbocycles. The third kappa shape index (κ3) is 3.52. The van der Waals surface area contributed by atoms with Gasteiger partial charge in [0.2, 0.25) is 0 Å². The van der Waals surface area contributed by atoms with Crippen molar-refractivity contribution in [1.82, 2.24) is 10.2 Å². The van der Waals surface area contributed by atoms with Gasteiger partial charge >= 0.3 is 0 Å². The first-order chi connectivity index (χ1) is 11.1. The quantitative estimate of drug-likeness (QED) is 0.928. The van der Waals surface area contributed by atoms with E-state index in [-0.39, 0.29) is 5.91 Å². The lowest BCUT2D eigenvalue weighted by atomic mass is 10.0. The molecule has 4 heteroatoms. The van der Waals surface area contributed by atoms with Crippen molar-refractivity contribution in [2.24, 2.45) is 0 Å². The third-order valence-corrected chi connectivity index (χ3v) is 5.09. The fourth-order valence-electron chi connectivity index (χ4n) is 3.75. The van der Waals surface area contributed by atoms with E-state index in [9.17, 15) is 4.79 Å². The summed E-state index contributed by atoms with van der Waals surface area (Å²) in [4.78, 5) is 15.0. The van der Waals surface area contributed by atoms with E-state index < -0.39 is 6.10 Å². The largest absolute Gasteiger partial charge is 0.481 e.